The van der Waals surface area contributed by atoms with E-state index in [-0.39, 0.29) is 10.6 Å². The summed E-state index contributed by atoms with van der Waals surface area (Å²) in [6.45, 7) is 6.45. The fourth-order valence-electron chi connectivity index (χ4n) is 1.72. The molecule has 1 aromatic heterocycles. The van der Waals surface area contributed by atoms with Crippen LogP contribution in [0.4, 0.5) is 0 Å². The number of nitrogen functional groups attached to an aromatic ring is 1. The molecule has 1 heterocycles. The Bertz CT molecular complexity index is 600. The van der Waals surface area contributed by atoms with Crippen LogP contribution in [-0.4, -0.2) is 15.6 Å². The third-order valence-electron chi connectivity index (χ3n) is 2.42. The maximum absolute atomic E-state index is 7.68. The van der Waals surface area contributed by atoms with Crippen LogP contribution in [0.15, 0.2) is 35.4 Å². The van der Waals surface area contributed by atoms with Gasteiger partial charge in [0.05, 0.1) is 5.52 Å². The Balaban J connectivity index is 2.70. The van der Waals surface area contributed by atoms with Gasteiger partial charge < -0.3 is 5.73 Å². The molecule has 18 heavy (non-hydrogen) atoms. The number of pyridine rings is 1. The van der Waals surface area contributed by atoms with E-state index >= 15 is 0 Å². The fraction of sp³-hybridized carbons (Fsp3) is 0.286. The number of benzene rings is 1. The molecule has 0 spiro atoms. The van der Waals surface area contributed by atoms with E-state index < -0.39 is 0 Å². The van der Waals surface area contributed by atoms with Gasteiger partial charge in [0, 0.05) is 26.8 Å². The molecule has 0 aliphatic heterocycles. The summed E-state index contributed by atoms with van der Waals surface area (Å²) >= 11 is 1.72. The molecule has 0 aliphatic rings. The largest absolute Gasteiger partial charge is 0.384 e. The SMILES string of the molecule is CC(C)(C)Sc1c(C(=N)N)cnc2ccccc12. The molecule has 0 fully saturated rings. The lowest BCUT2D eigenvalue weighted by Crippen LogP contribution is -2.15. The molecule has 2 aromatic rings. The van der Waals surface area contributed by atoms with Crippen LogP contribution >= 0.6 is 11.8 Å². The van der Waals surface area contributed by atoms with Gasteiger partial charge in [-0.25, -0.2) is 0 Å². The molecule has 94 valence electrons. The normalized spacial score (nSPS) is 11.7. The summed E-state index contributed by atoms with van der Waals surface area (Å²) in [5.41, 5.74) is 7.31. The van der Waals surface area contributed by atoms with Gasteiger partial charge in [0.15, 0.2) is 0 Å². The van der Waals surface area contributed by atoms with E-state index in [0.29, 0.717) is 5.56 Å². The van der Waals surface area contributed by atoms with Gasteiger partial charge in [-0.2, -0.15) is 0 Å². The number of aromatic nitrogens is 1. The van der Waals surface area contributed by atoms with Crippen molar-refractivity contribution in [1.82, 2.24) is 4.98 Å². The molecule has 0 atom stereocenters. The third kappa shape index (κ3) is 2.64. The molecular weight excluding hydrogens is 242 g/mol. The number of rotatable bonds is 2. The van der Waals surface area contributed by atoms with Crippen molar-refractivity contribution in [3.63, 3.8) is 0 Å². The van der Waals surface area contributed by atoms with Gasteiger partial charge in [-0.05, 0) is 6.07 Å². The molecule has 4 heteroatoms. The molecular formula is C14H17N3S. The van der Waals surface area contributed by atoms with E-state index in [1.807, 2.05) is 24.3 Å². The van der Waals surface area contributed by atoms with Crippen LogP contribution in [0.25, 0.3) is 10.9 Å². The van der Waals surface area contributed by atoms with Crippen LogP contribution in [0.5, 0.6) is 0 Å². The van der Waals surface area contributed by atoms with Crippen molar-refractivity contribution in [1.29, 1.82) is 5.41 Å². The quantitative estimate of drug-likeness (QED) is 0.493. The first-order chi connectivity index (χ1) is 8.38. The van der Waals surface area contributed by atoms with Crippen LogP contribution < -0.4 is 5.73 Å². The number of hydrogen-bond donors (Lipinski definition) is 2. The van der Waals surface area contributed by atoms with Crippen molar-refractivity contribution in [2.24, 2.45) is 5.73 Å². The van der Waals surface area contributed by atoms with Crippen LogP contribution in [0.2, 0.25) is 0 Å². The molecule has 3 nitrogen and oxygen atoms in total. The molecule has 0 aliphatic carbocycles. The predicted octanol–water partition coefficient (Wildman–Crippen LogP) is 3.41. The Morgan fingerprint density at radius 2 is 1.94 bits per heavy atom. The topological polar surface area (TPSA) is 62.8 Å². The summed E-state index contributed by atoms with van der Waals surface area (Å²) in [4.78, 5) is 5.40. The molecule has 3 N–H and O–H groups in total. The monoisotopic (exact) mass is 259 g/mol. The van der Waals surface area contributed by atoms with Gasteiger partial charge in [-0.15, -0.1) is 11.8 Å². The maximum atomic E-state index is 7.68. The average Bonchev–Trinajstić information content (AvgIpc) is 2.27. The lowest BCUT2D eigenvalue weighted by molar-refractivity contribution is 0.803. The van der Waals surface area contributed by atoms with Crippen LogP contribution in [-0.2, 0) is 0 Å². The Labute approximate surface area is 111 Å². The van der Waals surface area contributed by atoms with E-state index in [1.54, 1.807) is 18.0 Å². The van der Waals surface area contributed by atoms with E-state index in [0.717, 1.165) is 15.8 Å². The van der Waals surface area contributed by atoms with Crippen LogP contribution in [0.3, 0.4) is 0 Å². The summed E-state index contributed by atoms with van der Waals surface area (Å²) in [5, 5.41) is 8.74. The van der Waals surface area contributed by atoms with Gasteiger partial charge in [-0.3, -0.25) is 10.4 Å². The second-order valence-electron chi connectivity index (χ2n) is 5.15. The van der Waals surface area contributed by atoms with E-state index in [1.165, 1.54) is 0 Å². The zero-order valence-electron chi connectivity index (χ0n) is 10.8. The molecule has 1 aromatic carbocycles. The van der Waals surface area contributed by atoms with Gasteiger partial charge in [0.25, 0.3) is 0 Å². The smallest absolute Gasteiger partial charge is 0.125 e. The van der Waals surface area contributed by atoms with Gasteiger partial charge in [0.1, 0.15) is 5.84 Å². The maximum Gasteiger partial charge on any atom is 0.125 e. The van der Waals surface area contributed by atoms with Crippen molar-refractivity contribution in [3.8, 4) is 0 Å². The van der Waals surface area contributed by atoms with Crippen LogP contribution in [0, 0.1) is 5.41 Å². The minimum Gasteiger partial charge on any atom is -0.384 e. The van der Waals surface area contributed by atoms with E-state index in [2.05, 4.69) is 25.8 Å². The number of hydrogen-bond acceptors (Lipinski definition) is 3. The summed E-state index contributed by atoms with van der Waals surface area (Å²) in [7, 11) is 0. The Hall–Kier alpha value is -1.55. The van der Waals surface area contributed by atoms with Gasteiger partial charge >= 0.3 is 0 Å². The number of nitrogens with one attached hydrogen (secondary N) is 1. The minimum atomic E-state index is 0.0638. The number of thioether (sulfide) groups is 1. The number of nitrogens with two attached hydrogens (primary N) is 1. The number of para-hydroxylation sites is 1. The average molecular weight is 259 g/mol. The highest BCUT2D eigenvalue weighted by Crippen LogP contribution is 2.38. The number of amidine groups is 1. The molecule has 0 radical (unpaired) electrons. The van der Waals surface area contributed by atoms with Crippen molar-refractivity contribution in [2.75, 3.05) is 0 Å². The summed E-state index contributed by atoms with van der Waals surface area (Å²) in [6, 6.07) is 7.96. The van der Waals surface area contributed by atoms with Crippen molar-refractivity contribution < 1.29 is 0 Å². The first kappa shape index (κ1) is 12.9. The highest BCUT2D eigenvalue weighted by Gasteiger charge is 2.18. The predicted molar refractivity (Wildman–Crippen MR) is 78.4 cm³/mol. The Morgan fingerprint density at radius 3 is 2.56 bits per heavy atom. The number of fused-ring (bicyclic) bond motifs is 1. The minimum absolute atomic E-state index is 0.0638. The lowest BCUT2D eigenvalue weighted by atomic mass is 10.1. The fourth-order valence-corrected chi connectivity index (χ4v) is 2.89. The summed E-state index contributed by atoms with van der Waals surface area (Å²) < 4.78 is 0.0638. The zero-order valence-corrected chi connectivity index (χ0v) is 11.6. The summed E-state index contributed by atoms with van der Waals surface area (Å²) in [5.74, 6) is 0.0694. The first-order valence-corrected chi connectivity index (χ1v) is 6.61. The van der Waals surface area contributed by atoms with Crippen LogP contribution in [0.1, 0.15) is 26.3 Å². The highest BCUT2D eigenvalue weighted by atomic mass is 32.2. The van der Waals surface area contributed by atoms with Crippen molar-refractivity contribution in [3.05, 3.63) is 36.0 Å². The van der Waals surface area contributed by atoms with Gasteiger partial charge in [0.2, 0.25) is 0 Å². The standard InChI is InChI=1S/C14H17N3S/c1-14(2,3)18-12-9-6-4-5-7-11(9)17-8-10(12)13(15)16/h4-8H,1-3H3,(H3,15,16). The van der Waals surface area contributed by atoms with E-state index in [4.69, 9.17) is 11.1 Å². The second kappa shape index (κ2) is 4.61. The first-order valence-electron chi connectivity index (χ1n) is 5.79. The van der Waals surface area contributed by atoms with Crippen molar-refractivity contribution >= 4 is 28.5 Å². The van der Waals surface area contributed by atoms with E-state index in [9.17, 15) is 0 Å². The zero-order chi connectivity index (χ0) is 13.3. The molecule has 0 unspecified atom stereocenters. The summed E-state index contributed by atoms with van der Waals surface area (Å²) in [6.07, 6.45) is 1.69. The lowest BCUT2D eigenvalue weighted by Gasteiger charge is -2.20. The highest BCUT2D eigenvalue weighted by molar-refractivity contribution is 8.00. The second-order valence-corrected chi connectivity index (χ2v) is 6.98. The Morgan fingerprint density at radius 1 is 1.28 bits per heavy atom. The molecule has 0 saturated heterocycles. The Kier molecular flexibility index (Phi) is 3.30. The molecule has 2 rings (SSSR count). The number of nitrogens with zero attached hydrogens (tertiary/aromatic N) is 1. The third-order valence-corrected chi connectivity index (χ3v) is 3.68. The van der Waals surface area contributed by atoms with Crippen molar-refractivity contribution in [2.45, 2.75) is 30.4 Å². The molecule has 0 amide bonds. The molecule has 0 bridgehead atoms. The molecule has 0 saturated carbocycles. The van der Waals surface area contributed by atoms with Gasteiger partial charge in [-0.1, -0.05) is 39.0 Å².